The van der Waals surface area contributed by atoms with Crippen molar-refractivity contribution < 1.29 is 0 Å². The number of hydrogen-bond donors (Lipinski definition) is 1. The molecule has 108 valence electrons. The molecule has 0 spiro atoms. The lowest BCUT2D eigenvalue weighted by atomic mass is 9.87. The molecule has 1 unspecified atom stereocenters. The average Bonchev–Trinajstić information content (AvgIpc) is 2.65. The van der Waals surface area contributed by atoms with Crippen LogP contribution in [0.25, 0.3) is 0 Å². The van der Waals surface area contributed by atoms with Crippen LogP contribution in [0.1, 0.15) is 36.4 Å². The third-order valence-electron chi connectivity index (χ3n) is 3.82. The fourth-order valence-electron chi connectivity index (χ4n) is 2.44. The van der Waals surface area contributed by atoms with Gasteiger partial charge in [-0.15, -0.1) is 0 Å². The third kappa shape index (κ3) is 2.89. The molecule has 1 aromatic heterocycles. The van der Waals surface area contributed by atoms with Crippen molar-refractivity contribution in [1.29, 1.82) is 0 Å². The summed E-state index contributed by atoms with van der Waals surface area (Å²) in [6.07, 6.45) is 1.70. The van der Waals surface area contributed by atoms with Gasteiger partial charge in [-0.2, -0.15) is 5.10 Å². The van der Waals surface area contributed by atoms with Crippen LogP contribution in [0.5, 0.6) is 0 Å². The molecule has 0 bridgehead atoms. The summed E-state index contributed by atoms with van der Waals surface area (Å²) < 4.78 is 1.82. The van der Waals surface area contributed by atoms with Gasteiger partial charge in [0, 0.05) is 19.0 Å². The Morgan fingerprint density at radius 1 is 1.30 bits per heavy atom. The first-order chi connectivity index (χ1) is 9.35. The fraction of sp³-hybridized carbons (Fsp3) is 0.438. The molecule has 0 saturated heterocycles. The summed E-state index contributed by atoms with van der Waals surface area (Å²) >= 11 is 6.32. The van der Waals surface area contributed by atoms with E-state index in [1.165, 1.54) is 5.56 Å². The number of hydrogen-bond acceptors (Lipinski definition) is 2. The van der Waals surface area contributed by atoms with Gasteiger partial charge >= 0.3 is 0 Å². The summed E-state index contributed by atoms with van der Waals surface area (Å²) in [6.45, 7) is 6.09. The molecule has 4 heteroatoms. The van der Waals surface area contributed by atoms with Gasteiger partial charge in [0.05, 0.1) is 16.4 Å². The standard InChI is InChI=1S/C16H22ClN3/c1-5-12-6-8-13(9-7-12)16(3,18)10-14-15(17)11(2)19-20(14)4/h6-9H,5,10,18H2,1-4H3. The predicted octanol–water partition coefficient (Wildman–Crippen LogP) is 3.36. The molecule has 1 atom stereocenters. The van der Waals surface area contributed by atoms with Crippen LogP contribution in [0.3, 0.4) is 0 Å². The van der Waals surface area contributed by atoms with Crippen molar-refractivity contribution in [2.75, 3.05) is 0 Å². The molecule has 0 radical (unpaired) electrons. The number of nitrogens with two attached hydrogens (primary N) is 1. The number of rotatable bonds is 4. The predicted molar refractivity (Wildman–Crippen MR) is 84.0 cm³/mol. The molecule has 1 aromatic carbocycles. The second kappa shape index (κ2) is 5.58. The minimum Gasteiger partial charge on any atom is -0.321 e. The van der Waals surface area contributed by atoms with Crippen LogP contribution in [-0.4, -0.2) is 9.78 Å². The monoisotopic (exact) mass is 291 g/mol. The fourth-order valence-corrected chi connectivity index (χ4v) is 2.67. The maximum absolute atomic E-state index is 6.51. The van der Waals surface area contributed by atoms with E-state index in [-0.39, 0.29) is 0 Å². The molecule has 2 aromatic rings. The van der Waals surface area contributed by atoms with Crippen molar-refractivity contribution in [3.63, 3.8) is 0 Å². The van der Waals surface area contributed by atoms with Crippen LogP contribution in [0.2, 0.25) is 5.02 Å². The lowest BCUT2D eigenvalue weighted by molar-refractivity contribution is 0.472. The number of aryl methyl sites for hydroxylation is 3. The van der Waals surface area contributed by atoms with Crippen molar-refractivity contribution in [3.8, 4) is 0 Å². The summed E-state index contributed by atoms with van der Waals surface area (Å²) in [6, 6.07) is 8.49. The molecule has 0 fully saturated rings. The Bertz CT molecular complexity index is 597. The molecule has 0 amide bonds. The smallest absolute Gasteiger partial charge is 0.0847 e. The average molecular weight is 292 g/mol. The minimum atomic E-state index is -0.462. The normalized spacial score (nSPS) is 14.3. The van der Waals surface area contributed by atoms with E-state index < -0.39 is 5.54 Å². The first-order valence-corrected chi connectivity index (χ1v) is 7.29. The Hall–Kier alpha value is -1.32. The Labute approximate surface area is 125 Å². The van der Waals surface area contributed by atoms with Crippen molar-refractivity contribution >= 4 is 11.6 Å². The van der Waals surface area contributed by atoms with Crippen molar-refractivity contribution in [2.45, 2.75) is 39.2 Å². The summed E-state index contributed by atoms with van der Waals surface area (Å²) in [5.41, 5.74) is 10.3. The molecule has 2 N–H and O–H groups in total. The number of aromatic nitrogens is 2. The van der Waals surface area contributed by atoms with E-state index in [0.717, 1.165) is 23.4 Å². The Morgan fingerprint density at radius 3 is 2.35 bits per heavy atom. The van der Waals surface area contributed by atoms with Crippen molar-refractivity contribution in [2.24, 2.45) is 12.8 Å². The van der Waals surface area contributed by atoms with Crippen LogP contribution in [0.4, 0.5) is 0 Å². The molecule has 0 aliphatic rings. The highest BCUT2D eigenvalue weighted by atomic mass is 35.5. The van der Waals surface area contributed by atoms with Gasteiger partial charge in [-0.25, -0.2) is 0 Å². The molecule has 2 rings (SSSR count). The van der Waals surface area contributed by atoms with E-state index in [9.17, 15) is 0 Å². The molecule has 0 saturated carbocycles. The Balaban J connectivity index is 2.29. The van der Waals surface area contributed by atoms with E-state index in [1.54, 1.807) is 0 Å². The van der Waals surface area contributed by atoms with Crippen LogP contribution >= 0.6 is 11.6 Å². The van der Waals surface area contributed by atoms with Crippen molar-refractivity contribution in [3.05, 3.63) is 51.8 Å². The molecule has 3 nitrogen and oxygen atoms in total. The summed E-state index contributed by atoms with van der Waals surface area (Å²) in [7, 11) is 1.91. The van der Waals surface area contributed by atoms with Gasteiger partial charge in [-0.1, -0.05) is 42.8 Å². The molecular weight excluding hydrogens is 270 g/mol. The van der Waals surface area contributed by atoms with E-state index in [0.29, 0.717) is 11.4 Å². The largest absolute Gasteiger partial charge is 0.321 e. The molecule has 0 aliphatic carbocycles. The number of nitrogens with zero attached hydrogens (tertiary/aromatic N) is 2. The van der Waals surface area contributed by atoms with Crippen LogP contribution in [0, 0.1) is 6.92 Å². The van der Waals surface area contributed by atoms with E-state index in [1.807, 2.05) is 25.6 Å². The SMILES string of the molecule is CCc1ccc(C(C)(N)Cc2c(Cl)c(C)nn2C)cc1. The lowest BCUT2D eigenvalue weighted by Gasteiger charge is -2.25. The molecule has 20 heavy (non-hydrogen) atoms. The van der Waals surface area contributed by atoms with E-state index in [2.05, 4.69) is 36.3 Å². The maximum Gasteiger partial charge on any atom is 0.0847 e. The zero-order valence-corrected chi connectivity index (χ0v) is 13.3. The van der Waals surface area contributed by atoms with E-state index in [4.69, 9.17) is 17.3 Å². The second-order valence-electron chi connectivity index (χ2n) is 5.61. The summed E-state index contributed by atoms with van der Waals surface area (Å²) in [4.78, 5) is 0. The van der Waals surface area contributed by atoms with Crippen LogP contribution < -0.4 is 5.73 Å². The van der Waals surface area contributed by atoms with Crippen molar-refractivity contribution in [1.82, 2.24) is 9.78 Å². The summed E-state index contributed by atoms with van der Waals surface area (Å²) in [5.74, 6) is 0. The van der Waals surface area contributed by atoms with Gasteiger partial charge in [0.2, 0.25) is 0 Å². The zero-order valence-electron chi connectivity index (χ0n) is 12.6. The first-order valence-electron chi connectivity index (χ1n) is 6.91. The number of benzene rings is 1. The topological polar surface area (TPSA) is 43.8 Å². The van der Waals surface area contributed by atoms with Crippen LogP contribution in [0.15, 0.2) is 24.3 Å². The van der Waals surface area contributed by atoms with Gasteiger partial charge in [0.1, 0.15) is 0 Å². The number of halogens is 1. The highest BCUT2D eigenvalue weighted by molar-refractivity contribution is 6.31. The molecule has 0 aliphatic heterocycles. The van der Waals surface area contributed by atoms with Gasteiger partial charge in [-0.3, -0.25) is 4.68 Å². The maximum atomic E-state index is 6.51. The zero-order chi connectivity index (χ0) is 14.9. The summed E-state index contributed by atoms with van der Waals surface area (Å²) in [5, 5.41) is 5.06. The highest BCUT2D eigenvalue weighted by Gasteiger charge is 2.25. The Kier molecular flexibility index (Phi) is 4.21. The van der Waals surface area contributed by atoms with E-state index >= 15 is 0 Å². The quantitative estimate of drug-likeness (QED) is 0.939. The van der Waals surface area contributed by atoms with Crippen LogP contribution in [-0.2, 0) is 25.4 Å². The molecule has 1 heterocycles. The molecular formula is C16H22ClN3. The highest BCUT2D eigenvalue weighted by Crippen LogP contribution is 2.28. The third-order valence-corrected chi connectivity index (χ3v) is 4.31. The van der Waals surface area contributed by atoms with Gasteiger partial charge < -0.3 is 5.73 Å². The minimum absolute atomic E-state index is 0.462. The van der Waals surface area contributed by atoms with Gasteiger partial charge in [-0.05, 0) is 31.4 Å². The second-order valence-corrected chi connectivity index (χ2v) is 5.99. The van der Waals surface area contributed by atoms with Gasteiger partial charge in [0.15, 0.2) is 0 Å². The van der Waals surface area contributed by atoms with Gasteiger partial charge in [0.25, 0.3) is 0 Å². The Morgan fingerprint density at radius 2 is 1.90 bits per heavy atom. The first kappa shape index (κ1) is 15.1. The lowest BCUT2D eigenvalue weighted by Crippen LogP contribution is -2.36.